The van der Waals surface area contributed by atoms with Crippen LogP contribution in [0.3, 0.4) is 0 Å². The van der Waals surface area contributed by atoms with E-state index in [1.54, 1.807) is 24.3 Å². The van der Waals surface area contributed by atoms with Crippen molar-refractivity contribution in [1.29, 1.82) is 0 Å². The number of nitrogens with one attached hydrogen (secondary N) is 1. The highest BCUT2D eigenvalue weighted by atomic mass is 16.2. The van der Waals surface area contributed by atoms with Crippen molar-refractivity contribution in [2.45, 2.75) is 13.8 Å². The number of carbonyl (C=O) groups excluding carboxylic acids is 3. The molecule has 5 nitrogen and oxygen atoms in total. The molecule has 0 aliphatic carbocycles. The van der Waals surface area contributed by atoms with Crippen LogP contribution in [0, 0.1) is 13.8 Å². The minimum absolute atomic E-state index is 0.0871. The molecule has 1 aliphatic heterocycles. The van der Waals surface area contributed by atoms with Crippen LogP contribution in [0.5, 0.6) is 0 Å². The van der Waals surface area contributed by atoms with E-state index in [0.29, 0.717) is 5.69 Å². The molecule has 0 saturated carbocycles. The summed E-state index contributed by atoms with van der Waals surface area (Å²) in [4.78, 5) is 38.0. The van der Waals surface area contributed by atoms with E-state index in [1.807, 2.05) is 50.2 Å². The molecule has 5 heteroatoms. The van der Waals surface area contributed by atoms with Crippen LogP contribution in [0.1, 0.15) is 16.7 Å². The number of hydrogen-bond acceptors (Lipinski definition) is 3. The van der Waals surface area contributed by atoms with Crippen LogP contribution in [0.15, 0.2) is 66.3 Å². The zero-order valence-corrected chi connectivity index (χ0v) is 14.5. The summed E-state index contributed by atoms with van der Waals surface area (Å²) in [6.07, 6.45) is 4.83. The van der Waals surface area contributed by atoms with Crippen LogP contribution < -0.4 is 10.2 Å². The van der Waals surface area contributed by atoms with Crippen molar-refractivity contribution in [3.8, 4) is 0 Å². The average molecular weight is 346 g/mol. The molecule has 4 amide bonds. The van der Waals surface area contributed by atoms with Gasteiger partial charge in [0.15, 0.2) is 0 Å². The molecule has 1 heterocycles. The molecule has 0 spiro atoms. The summed E-state index contributed by atoms with van der Waals surface area (Å²) in [6, 6.07) is 14.2. The number of anilines is 1. The van der Waals surface area contributed by atoms with Gasteiger partial charge in [-0.05, 0) is 48.7 Å². The number of urea groups is 1. The zero-order chi connectivity index (χ0) is 18.7. The smallest absolute Gasteiger partial charge is 0.273 e. The third kappa shape index (κ3) is 3.62. The number of amides is 4. The van der Waals surface area contributed by atoms with Gasteiger partial charge in [-0.25, -0.2) is 9.69 Å². The SMILES string of the molecule is Cc1cc(C)cc(N2C(=O)NC(=O)/C(=C\C=C\c3ccccc3)C2=O)c1. The summed E-state index contributed by atoms with van der Waals surface area (Å²) in [7, 11) is 0. The Hall–Kier alpha value is -3.47. The molecule has 0 unspecified atom stereocenters. The average Bonchev–Trinajstić information content (AvgIpc) is 2.57. The molecule has 26 heavy (non-hydrogen) atoms. The van der Waals surface area contributed by atoms with Gasteiger partial charge in [0.1, 0.15) is 5.57 Å². The van der Waals surface area contributed by atoms with Gasteiger partial charge < -0.3 is 0 Å². The van der Waals surface area contributed by atoms with Crippen molar-refractivity contribution in [3.63, 3.8) is 0 Å². The van der Waals surface area contributed by atoms with Crippen molar-refractivity contribution < 1.29 is 14.4 Å². The topological polar surface area (TPSA) is 66.5 Å². The number of benzene rings is 2. The number of hydrogen-bond donors (Lipinski definition) is 1. The quantitative estimate of drug-likeness (QED) is 0.683. The Morgan fingerprint density at radius 1 is 0.923 bits per heavy atom. The first kappa shape index (κ1) is 17.4. The van der Waals surface area contributed by atoms with Gasteiger partial charge in [-0.3, -0.25) is 14.9 Å². The molecule has 1 fully saturated rings. The van der Waals surface area contributed by atoms with Crippen LogP contribution >= 0.6 is 0 Å². The first-order chi connectivity index (χ1) is 12.5. The van der Waals surface area contributed by atoms with E-state index in [2.05, 4.69) is 5.32 Å². The third-order valence-electron chi connectivity index (χ3n) is 3.92. The number of allylic oxidation sites excluding steroid dienone is 2. The Morgan fingerprint density at radius 3 is 2.23 bits per heavy atom. The number of aryl methyl sites for hydroxylation is 2. The molecule has 1 N–H and O–H groups in total. The van der Waals surface area contributed by atoms with E-state index in [1.165, 1.54) is 6.08 Å². The van der Waals surface area contributed by atoms with Crippen molar-refractivity contribution in [2.24, 2.45) is 0 Å². The summed E-state index contributed by atoms with van der Waals surface area (Å²) < 4.78 is 0. The molecule has 2 aromatic rings. The molecule has 2 aromatic carbocycles. The highest BCUT2D eigenvalue weighted by Crippen LogP contribution is 2.23. The Morgan fingerprint density at radius 2 is 1.58 bits per heavy atom. The molecular weight excluding hydrogens is 328 g/mol. The zero-order valence-electron chi connectivity index (χ0n) is 14.5. The van der Waals surface area contributed by atoms with E-state index in [4.69, 9.17) is 0 Å². The second kappa shape index (κ2) is 7.19. The van der Waals surface area contributed by atoms with E-state index < -0.39 is 17.8 Å². The lowest BCUT2D eigenvalue weighted by Crippen LogP contribution is -2.54. The molecule has 130 valence electrons. The standard InChI is InChI=1S/C21H18N2O3/c1-14-11-15(2)13-17(12-14)23-20(25)18(19(24)22-21(23)26)10-6-9-16-7-4-3-5-8-16/h3-13H,1-2H3,(H,22,24,26)/b9-6+,18-10+. The van der Waals surface area contributed by atoms with Crippen LogP contribution in [0.25, 0.3) is 6.08 Å². The molecule has 0 atom stereocenters. The third-order valence-corrected chi connectivity index (χ3v) is 3.92. The fraction of sp³-hybridized carbons (Fsp3) is 0.0952. The first-order valence-electron chi connectivity index (χ1n) is 8.17. The number of rotatable bonds is 3. The summed E-state index contributed by atoms with van der Waals surface area (Å²) >= 11 is 0. The van der Waals surface area contributed by atoms with Crippen molar-refractivity contribution in [1.82, 2.24) is 5.32 Å². The highest BCUT2D eigenvalue weighted by molar-refractivity contribution is 6.37. The monoisotopic (exact) mass is 346 g/mol. The number of nitrogens with zero attached hydrogens (tertiary/aromatic N) is 1. The first-order valence-corrected chi connectivity index (χ1v) is 8.17. The molecule has 0 radical (unpaired) electrons. The van der Waals surface area contributed by atoms with Gasteiger partial charge in [-0.15, -0.1) is 0 Å². The maximum absolute atomic E-state index is 12.8. The van der Waals surface area contributed by atoms with Crippen LogP contribution in [-0.2, 0) is 9.59 Å². The summed E-state index contributed by atoms with van der Waals surface area (Å²) in [5.41, 5.74) is 3.14. The number of carbonyl (C=O) groups is 3. The van der Waals surface area contributed by atoms with Crippen molar-refractivity contribution in [3.05, 3.63) is 82.9 Å². The Balaban J connectivity index is 1.93. The fourth-order valence-electron chi connectivity index (χ4n) is 2.81. The van der Waals surface area contributed by atoms with Crippen LogP contribution in [0.2, 0.25) is 0 Å². The molecule has 3 rings (SSSR count). The molecule has 1 saturated heterocycles. The predicted octanol–water partition coefficient (Wildman–Crippen LogP) is 3.53. The Kier molecular flexibility index (Phi) is 4.80. The van der Waals surface area contributed by atoms with E-state index in [-0.39, 0.29) is 5.57 Å². The molecule has 0 aromatic heterocycles. The second-order valence-electron chi connectivity index (χ2n) is 6.10. The lowest BCUT2D eigenvalue weighted by Gasteiger charge is -2.26. The van der Waals surface area contributed by atoms with Gasteiger partial charge >= 0.3 is 6.03 Å². The van der Waals surface area contributed by atoms with Gasteiger partial charge in [-0.2, -0.15) is 0 Å². The van der Waals surface area contributed by atoms with Gasteiger partial charge in [0, 0.05) is 0 Å². The summed E-state index contributed by atoms with van der Waals surface area (Å²) in [5.74, 6) is -1.33. The molecule has 1 aliphatic rings. The minimum atomic E-state index is -0.741. The van der Waals surface area contributed by atoms with Gasteiger partial charge in [0.2, 0.25) is 0 Å². The largest absolute Gasteiger partial charge is 0.335 e. The van der Waals surface area contributed by atoms with Crippen molar-refractivity contribution >= 4 is 29.6 Å². The predicted molar refractivity (Wildman–Crippen MR) is 100 cm³/mol. The number of imide groups is 2. The van der Waals surface area contributed by atoms with E-state index >= 15 is 0 Å². The summed E-state index contributed by atoms with van der Waals surface area (Å²) in [5, 5.41) is 2.22. The fourth-order valence-corrected chi connectivity index (χ4v) is 2.81. The number of barbiturate groups is 1. The maximum Gasteiger partial charge on any atom is 0.335 e. The maximum atomic E-state index is 12.8. The van der Waals surface area contributed by atoms with Gasteiger partial charge in [0.05, 0.1) is 5.69 Å². The van der Waals surface area contributed by atoms with Crippen LogP contribution in [0.4, 0.5) is 10.5 Å². The molecule has 0 bridgehead atoms. The second-order valence-corrected chi connectivity index (χ2v) is 6.10. The minimum Gasteiger partial charge on any atom is -0.273 e. The Bertz CT molecular complexity index is 923. The van der Waals surface area contributed by atoms with E-state index in [9.17, 15) is 14.4 Å². The lowest BCUT2D eigenvalue weighted by molar-refractivity contribution is -0.122. The molecular formula is C21H18N2O3. The Labute approximate surface area is 151 Å². The van der Waals surface area contributed by atoms with E-state index in [0.717, 1.165) is 21.6 Å². The normalized spacial score (nSPS) is 16.5. The van der Waals surface area contributed by atoms with Gasteiger partial charge in [0.25, 0.3) is 11.8 Å². The van der Waals surface area contributed by atoms with Crippen molar-refractivity contribution in [2.75, 3.05) is 4.90 Å². The lowest BCUT2D eigenvalue weighted by atomic mass is 10.1. The van der Waals surface area contributed by atoms with Crippen LogP contribution in [-0.4, -0.2) is 17.8 Å². The summed E-state index contributed by atoms with van der Waals surface area (Å²) in [6.45, 7) is 3.76. The highest BCUT2D eigenvalue weighted by Gasteiger charge is 2.36. The van der Waals surface area contributed by atoms with Gasteiger partial charge in [-0.1, -0.05) is 48.6 Å².